The first kappa shape index (κ1) is 20.3. The Labute approximate surface area is 178 Å². The Kier molecular flexibility index (Phi) is 5.23. The molecule has 0 aliphatic carbocycles. The van der Waals surface area contributed by atoms with Crippen molar-refractivity contribution in [2.75, 3.05) is 17.3 Å². The lowest BCUT2D eigenvalue weighted by atomic mass is 10.1. The molecule has 154 valence electrons. The molecule has 3 heterocycles. The van der Waals surface area contributed by atoms with Gasteiger partial charge >= 0.3 is 0 Å². The van der Waals surface area contributed by atoms with E-state index < -0.39 is 15.7 Å². The van der Waals surface area contributed by atoms with Gasteiger partial charge in [-0.15, -0.1) is 0 Å². The topological polar surface area (TPSA) is 111 Å². The van der Waals surface area contributed by atoms with Crippen molar-refractivity contribution in [2.24, 2.45) is 0 Å². The highest BCUT2D eigenvalue weighted by Gasteiger charge is 2.12. The minimum absolute atomic E-state index is 0.0962. The predicted molar refractivity (Wildman–Crippen MR) is 117 cm³/mol. The van der Waals surface area contributed by atoms with Gasteiger partial charge in [-0.25, -0.2) is 27.8 Å². The summed E-state index contributed by atoms with van der Waals surface area (Å²) >= 11 is 0. The molecular formula is C22H16FN5O2S. The molecule has 0 spiro atoms. The average molecular weight is 433 g/mol. The highest BCUT2D eigenvalue weighted by atomic mass is 32.2. The first-order valence-electron chi connectivity index (χ1n) is 9.05. The highest BCUT2D eigenvalue weighted by molar-refractivity contribution is 7.90. The molecule has 0 radical (unpaired) electrons. The number of hydrogen-bond acceptors (Lipinski definition) is 7. The van der Waals surface area contributed by atoms with E-state index in [0.29, 0.717) is 28.3 Å². The maximum absolute atomic E-state index is 14.4. The molecule has 4 aromatic rings. The Morgan fingerprint density at radius 3 is 2.61 bits per heavy atom. The second-order valence-electron chi connectivity index (χ2n) is 6.68. The van der Waals surface area contributed by atoms with Crippen molar-refractivity contribution in [1.82, 2.24) is 15.0 Å². The predicted octanol–water partition coefficient (Wildman–Crippen LogP) is 3.29. The van der Waals surface area contributed by atoms with Gasteiger partial charge in [0.25, 0.3) is 0 Å². The fraction of sp³-hybridized carbons (Fsp3) is 0.0455. The number of anilines is 3. The van der Waals surface area contributed by atoms with Crippen LogP contribution in [0.1, 0.15) is 11.3 Å². The first-order chi connectivity index (χ1) is 14.8. The van der Waals surface area contributed by atoms with Gasteiger partial charge in [0, 0.05) is 35.6 Å². The molecule has 0 bridgehead atoms. The van der Waals surface area contributed by atoms with Crippen LogP contribution in [0.4, 0.5) is 21.7 Å². The molecule has 0 saturated heterocycles. The number of aromatic nitrogens is 3. The van der Waals surface area contributed by atoms with Crippen molar-refractivity contribution >= 4 is 37.9 Å². The van der Waals surface area contributed by atoms with Crippen LogP contribution < -0.4 is 11.1 Å². The van der Waals surface area contributed by atoms with Gasteiger partial charge < -0.3 is 11.1 Å². The Balaban J connectivity index is 1.70. The van der Waals surface area contributed by atoms with E-state index in [-0.39, 0.29) is 10.6 Å². The average Bonchev–Trinajstić information content (AvgIpc) is 2.74. The van der Waals surface area contributed by atoms with Crippen molar-refractivity contribution in [3.63, 3.8) is 0 Å². The van der Waals surface area contributed by atoms with Crippen molar-refractivity contribution < 1.29 is 12.8 Å². The molecule has 3 N–H and O–H groups in total. The van der Waals surface area contributed by atoms with Crippen molar-refractivity contribution in [3.05, 3.63) is 78.1 Å². The zero-order valence-corrected chi connectivity index (χ0v) is 17.1. The second kappa shape index (κ2) is 8.01. The number of benzene rings is 1. The molecule has 0 saturated carbocycles. The third-order valence-corrected chi connectivity index (χ3v) is 5.54. The summed E-state index contributed by atoms with van der Waals surface area (Å²) in [5.41, 5.74) is 7.01. The number of fused-ring (bicyclic) bond motifs is 1. The van der Waals surface area contributed by atoms with Gasteiger partial charge in [-0.2, -0.15) is 0 Å². The standard InChI is InChI=1S/C22H16FN5O2S/c1-31(29,30)16-5-7-20(18(23)11-16)28-21-12-17-15(13-27-21)8-10-25-19(17)6-4-14-3-2-9-26-22(14)24/h2-3,5,7-13H,1H3,(H2,24,26)(H,27,28). The van der Waals surface area contributed by atoms with Crippen LogP contribution >= 0.6 is 0 Å². The van der Waals surface area contributed by atoms with Crippen LogP contribution in [0.3, 0.4) is 0 Å². The summed E-state index contributed by atoms with van der Waals surface area (Å²) in [5, 5.41) is 4.38. The van der Waals surface area contributed by atoms with E-state index in [0.717, 1.165) is 17.7 Å². The Morgan fingerprint density at radius 2 is 1.87 bits per heavy atom. The maximum Gasteiger partial charge on any atom is 0.175 e. The monoisotopic (exact) mass is 433 g/mol. The van der Waals surface area contributed by atoms with E-state index in [4.69, 9.17) is 5.73 Å². The van der Waals surface area contributed by atoms with E-state index in [1.54, 1.807) is 42.9 Å². The minimum atomic E-state index is -3.50. The van der Waals surface area contributed by atoms with Gasteiger partial charge in [0.2, 0.25) is 0 Å². The molecular weight excluding hydrogens is 417 g/mol. The minimum Gasteiger partial charge on any atom is -0.383 e. The zero-order chi connectivity index (χ0) is 22.0. The quantitative estimate of drug-likeness (QED) is 0.477. The van der Waals surface area contributed by atoms with Gasteiger partial charge in [0.05, 0.1) is 16.1 Å². The highest BCUT2D eigenvalue weighted by Crippen LogP contribution is 2.25. The summed E-state index contributed by atoms with van der Waals surface area (Å²) in [6.07, 6.45) is 5.85. The summed E-state index contributed by atoms with van der Waals surface area (Å²) in [5.74, 6) is 5.93. The lowest BCUT2D eigenvalue weighted by Gasteiger charge is -2.09. The normalized spacial score (nSPS) is 11.0. The SMILES string of the molecule is CS(=O)(=O)c1ccc(Nc2cc3c(C#Cc4cccnc4N)nccc3cn2)c(F)c1. The Morgan fingerprint density at radius 1 is 1.03 bits per heavy atom. The largest absolute Gasteiger partial charge is 0.383 e. The molecule has 0 aliphatic rings. The molecule has 31 heavy (non-hydrogen) atoms. The molecule has 7 nitrogen and oxygen atoms in total. The van der Waals surface area contributed by atoms with Crippen molar-refractivity contribution in [2.45, 2.75) is 4.90 Å². The lowest BCUT2D eigenvalue weighted by Crippen LogP contribution is -2.01. The zero-order valence-electron chi connectivity index (χ0n) is 16.3. The summed E-state index contributed by atoms with van der Waals surface area (Å²) in [4.78, 5) is 12.5. The molecule has 0 unspecified atom stereocenters. The fourth-order valence-electron chi connectivity index (χ4n) is 2.85. The summed E-state index contributed by atoms with van der Waals surface area (Å²) in [6.45, 7) is 0. The molecule has 0 fully saturated rings. The lowest BCUT2D eigenvalue weighted by molar-refractivity contribution is 0.596. The third kappa shape index (κ3) is 4.44. The van der Waals surface area contributed by atoms with Crippen LogP contribution in [0.25, 0.3) is 10.8 Å². The van der Waals surface area contributed by atoms with Crippen molar-refractivity contribution in [3.8, 4) is 11.8 Å². The summed E-state index contributed by atoms with van der Waals surface area (Å²) < 4.78 is 37.6. The number of hydrogen-bond donors (Lipinski definition) is 2. The van der Waals surface area contributed by atoms with E-state index in [1.165, 1.54) is 12.1 Å². The summed E-state index contributed by atoms with van der Waals surface area (Å²) in [7, 11) is -3.50. The number of sulfone groups is 1. The fourth-order valence-corrected chi connectivity index (χ4v) is 3.48. The van der Waals surface area contributed by atoms with E-state index in [2.05, 4.69) is 32.1 Å². The van der Waals surface area contributed by atoms with Gasteiger partial charge in [0.1, 0.15) is 23.1 Å². The Hall–Kier alpha value is -4.03. The van der Waals surface area contributed by atoms with Gasteiger partial charge in [-0.3, -0.25) is 0 Å². The van der Waals surface area contributed by atoms with Crippen LogP contribution in [0, 0.1) is 17.7 Å². The number of rotatable bonds is 3. The first-order valence-corrected chi connectivity index (χ1v) is 10.9. The molecule has 0 aliphatic heterocycles. The number of nitrogens with one attached hydrogen (secondary N) is 1. The molecule has 0 amide bonds. The molecule has 3 aromatic heterocycles. The molecule has 4 rings (SSSR count). The number of pyridine rings is 3. The maximum atomic E-state index is 14.4. The van der Waals surface area contributed by atoms with E-state index in [1.807, 2.05) is 0 Å². The van der Waals surface area contributed by atoms with Crippen LogP contribution in [-0.4, -0.2) is 29.6 Å². The second-order valence-corrected chi connectivity index (χ2v) is 8.69. The van der Waals surface area contributed by atoms with Crippen LogP contribution in [0.15, 0.2) is 66.0 Å². The molecule has 9 heteroatoms. The number of nitrogen functional groups attached to an aromatic ring is 1. The number of halogens is 1. The van der Waals surface area contributed by atoms with E-state index in [9.17, 15) is 12.8 Å². The van der Waals surface area contributed by atoms with Crippen LogP contribution in [0.5, 0.6) is 0 Å². The summed E-state index contributed by atoms with van der Waals surface area (Å²) in [6, 6.07) is 10.6. The van der Waals surface area contributed by atoms with Crippen LogP contribution in [-0.2, 0) is 9.84 Å². The van der Waals surface area contributed by atoms with Gasteiger partial charge in [0.15, 0.2) is 9.84 Å². The molecule has 1 aromatic carbocycles. The molecule has 0 atom stereocenters. The van der Waals surface area contributed by atoms with Gasteiger partial charge in [-0.1, -0.05) is 5.92 Å². The van der Waals surface area contributed by atoms with Crippen LogP contribution in [0.2, 0.25) is 0 Å². The van der Waals surface area contributed by atoms with Gasteiger partial charge in [-0.05, 0) is 48.4 Å². The van der Waals surface area contributed by atoms with E-state index >= 15 is 0 Å². The number of nitrogens with zero attached hydrogens (tertiary/aromatic N) is 3. The van der Waals surface area contributed by atoms with Crippen molar-refractivity contribution in [1.29, 1.82) is 0 Å². The smallest absolute Gasteiger partial charge is 0.175 e. The number of nitrogens with two attached hydrogens (primary N) is 1. The third-order valence-electron chi connectivity index (χ3n) is 4.43. The Bertz CT molecular complexity index is 1480.